The van der Waals surface area contributed by atoms with E-state index in [1.165, 1.54) is 44.5 Å². The summed E-state index contributed by atoms with van der Waals surface area (Å²) in [6.07, 6.45) is 0. The lowest BCUT2D eigenvalue weighted by Crippen LogP contribution is -2.14. The molecule has 0 saturated carbocycles. The van der Waals surface area contributed by atoms with Gasteiger partial charge in [-0.05, 0) is 80.9 Å². The lowest BCUT2D eigenvalue weighted by Gasteiger charge is -2.21. The number of nitrogens with zero attached hydrogens (tertiary/aromatic N) is 3. The van der Waals surface area contributed by atoms with Gasteiger partial charge in [0.15, 0.2) is 17.5 Å². The molecule has 0 spiro atoms. The summed E-state index contributed by atoms with van der Waals surface area (Å²) in [7, 11) is 0. The minimum absolute atomic E-state index is 0.0572. The van der Waals surface area contributed by atoms with Gasteiger partial charge < -0.3 is 5.73 Å². The van der Waals surface area contributed by atoms with Crippen LogP contribution in [0.25, 0.3) is 56.4 Å². The number of hydrogen-bond donors (Lipinski definition) is 1. The molecule has 0 bridgehead atoms. The van der Waals surface area contributed by atoms with Gasteiger partial charge in [-0.3, -0.25) is 0 Å². The molecule has 6 aromatic rings. The van der Waals surface area contributed by atoms with Gasteiger partial charge in [0.2, 0.25) is 0 Å². The van der Waals surface area contributed by atoms with Crippen molar-refractivity contribution < 1.29 is 0 Å². The highest BCUT2D eigenvalue weighted by Crippen LogP contribution is 2.50. The van der Waals surface area contributed by atoms with E-state index in [0.29, 0.717) is 23.2 Å². The van der Waals surface area contributed by atoms with E-state index in [9.17, 15) is 0 Å². The molecule has 43 heavy (non-hydrogen) atoms. The third-order valence-corrected chi connectivity index (χ3v) is 9.49. The summed E-state index contributed by atoms with van der Waals surface area (Å²) >= 11 is 0. The number of fused-ring (bicyclic) bond motifs is 6. The zero-order valence-electron chi connectivity index (χ0n) is 24.8. The molecular weight excluding hydrogens is 524 g/mol. The van der Waals surface area contributed by atoms with Crippen LogP contribution < -0.4 is 5.73 Å². The van der Waals surface area contributed by atoms with Crippen molar-refractivity contribution in [1.29, 1.82) is 0 Å². The highest BCUT2D eigenvalue weighted by molar-refractivity contribution is 5.85. The summed E-state index contributed by atoms with van der Waals surface area (Å²) in [6.45, 7) is 9.19. The smallest absolute Gasteiger partial charge is 0.164 e. The third-order valence-electron chi connectivity index (χ3n) is 9.49. The fourth-order valence-electron chi connectivity index (χ4n) is 7.11. The van der Waals surface area contributed by atoms with Crippen molar-refractivity contribution >= 4 is 5.69 Å². The van der Waals surface area contributed by atoms with Crippen molar-refractivity contribution in [3.8, 4) is 56.4 Å². The van der Waals surface area contributed by atoms with E-state index in [4.69, 9.17) is 20.7 Å². The SMILES string of the molecule is CC1(C)c2ccccc2-c2cc(-c3nc(-c4ccc(N)cc4)nc(-c4ccc5c(c4)-c4ccccc4C5(C)C)n3)ccc21. The first-order valence-corrected chi connectivity index (χ1v) is 14.8. The maximum atomic E-state index is 6.02. The molecule has 4 nitrogen and oxygen atoms in total. The molecule has 2 N–H and O–H groups in total. The van der Waals surface area contributed by atoms with E-state index in [1.807, 2.05) is 24.3 Å². The Morgan fingerprint density at radius 3 is 1.26 bits per heavy atom. The Morgan fingerprint density at radius 1 is 0.419 bits per heavy atom. The monoisotopic (exact) mass is 556 g/mol. The molecule has 208 valence electrons. The van der Waals surface area contributed by atoms with Gasteiger partial charge in [0.05, 0.1) is 0 Å². The predicted octanol–water partition coefficient (Wildman–Crippen LogP) is 9.07. The molecule has 0 radical (unpaired) electrons. The molecule has 0 amide bonds. The second-order valence-electron chi connectivity index (χ2n) is 12.8. The number of nitrogens with two attached hydrogens (primary N) is 1. The van der Waals surface area contributed by atoms with E-state index in [0.717, 1.165) is 16.7 Å². The quantitative estimate of drug-likeness (QED) is 0.221. The Balaban J connectivity index is 1.32. The zero-order chi connectivity index (χ0) is 29.5. The molecule has 2 aliphatic carbocycles. The van der Waals surface area contributed by atoms with Crippen molar-refractivity contribution in [2.75, 3.05) is 5.73 Å². The van der Waals surface area contributed by atoms with E-state index >= 15 is 0 Å². The van der Waals surface area contributed by atoms with E-state index in [1.54, 1.807) is 0 Å². The number of benzene rings is 5. The minimum Gasteiger partial charge on any atom is -0.399 e. The van der Waals surface area contributed by atoms with Gasteiger partial charge in [-0.1, -0.05) is 100 Å². The summed E-state index contributed by atoms with van der Waals surface area (Å²) in [6, 6.07) is 38.4. The van der Waals surface area contributed by atoms with Crippen LogP contribution in [0.5, 0.6) is 0 Å². The van der Waals surface area contributed by atoms with Gasteiger partial charge in [0.25, 0.3) is 0 Å². The third kappa shape index (κ3) is 3.79. The van der Waals surface area contributed by atoms with Crippen LogP contribution in [0.4, 0.5) is 5.69 Å². The van der Waals surface area contributed by atoms with Gasteiger partial charge >= 0.3 is 0 Å². The summed E-state index contributed by atoms with van der Waals surface area (Å²) < 4.78 is 0. The lowest BCUT2D eigenvalue weighted by molar-refractivity contribution is 0.660. The van der Waals surface area contributed by atoms with Gasteiger partial charge in [0, 0.05) is 33.2 Å². The number of rotatable bonds is 3. The average molecular weight is 557 g/mol. The van der Waals surface area contributed by atoms with Crippen LogP contribution in [0.3, 0.4) is 0 Å². The number of anilines is 1. The van der Waals surface area contributed by atoms with Crippen molar-refractivity contribution in [3.63, 3.8) is 0 Å². The standard InChI is InChI=1S/C39H32N4/c1-38(2)31-11-7-5-9-27(31)29-21-24(15-19-33(29)38)36-41-35(23-13-17-26(40)18-14-23)42-37(43-36)25-16-20-34-30(22-25)28-10-6-8-12-32(28)39(34,3)4/h5-22H,40H2,1-4H3. The van der Waals surface area contributed by atoms with Crippen molar-refractivity contribution in [2.24, 2.45) is 0 Å². The van der Waals surface area contributed by atoms with E-state index in [2.05, 4.69) is 113 Å². The average Bonchev–Trinajstić information content (AvgIpc) is 3.40. The van der Waals surface area contributed by atoms with Gasteiger partial charge in [-0.2, -0.15) is 0 Å². The molecule has 2 aliphatic rings. The molecule has 0 unspecified atom stereocenters. The van der Waals surface area contributed by atoms with Crippen LogP contribution in [0.1, 0.15) is 49.9 Å². The summed E-state index contributed by atoms with van der Waals surface area (Å²) in [5, 5.41) is 0. The molecule has 0 saturated heterocycles. The molecule has 0 atom stereocenters. The Bertz CT molecular complexity index is 1960. The normalized spacial score (nSPS) is 15.0. The Kier molecular flexibility index (Phi) is 5.33. The second kappa shape index (κ2) is 8.95. The molecule has 1 aromatic heterocycles. The van der Waals surface area contributed by atoms with Crippen LogP contribution >= 0.6 is 0 Å². The van der Waals surface area contributed by atoms with E-state index in [-0.39, 0.29) is 10.8 Å². The van der Waals surface area contributed by atoms with E-state index < -0.39 is 0 Å². The van der Waals surface area contributed by atoms with Crippen LogP contribution in [-0.4, -0.2) is 15.0 Å². The highest BCUT2D eigenvalue weighted by atomic mass is 15.0. The Labute approximate surface area is 252 Å². The lowest BCUT2D eigenvalue weighted by atomic mass is 9.82. The summed E-state index contributed by atoms with van der Waals surface area (Å²) in [4.78, 5) is 15.1. The van der Waals surface area contributed by atoms with Gasteiger partial charge in [-0.15, -0.1) is 0 Å². The van der Waals surface area contributed by atoms with Crippen LogP contribution in [0, 0.1) is 0 Å². The maximum absolute atomic E-state index is 6.02. The highest BCUT2D eigenvalue weighted by Gasteiger charge is 2.36. The predicted molar refractivity (Wildman–Crippen MR) is 176 cm³/mol. The largest absolute Gasteiger partial charge is 0.399 e. The molecule has 0 aliphatic heterocycles. The van der Waals surface area contributed by atoms with Crippen LogP contribution in [-0.2, 0) is 10.8 Å². The van der Waals surface area contributed by atoms with Crippen molar-refractivity contribution in [3.05, 3.63) is 131 Å². The Morgan fingerprint density at radius 2 is 0.791 bits per heavy atom. The van der Waals surface area contributed by atoms with Gasteiger partial charge in [0.1, 0.15) is 0 Å². The number of aromatic nitrogens is 3. The summed E-state index contributed by atoms with van der Waals surface area (Å²) in [5.74, 6) is 1.94. The molecule has 5 aromatic carbocycles. The van der Waals surface area contributed by atoms with Gasteiger partial charge in [-0.25, -0.2) is 15.0 Å². The maximum Gasteiger partial charge on any atom is 0.164 e. The molecule has 4 heteroatoms. The molecule has 0 fully saturated rings. The van der Waals surface area contributed by atoms with Crippen LogP contribution in [0.2, 0.25) is 0 Å². The fraction of sp³-hybridized carbons (Fsp3) is 0.154. The second-order valence-corrected chi connectivity index (χ2v) is 12.8. The minimum atomic E-state index is -0.0572. The molecule has 1 heterocycles. The Hall–Kier alpha value is -5.09. The molecule has 8 rings (SSSR count). The van der Waals surface area contributed by atoms with Crippen LogP contribution in [0.15, 0.2) is 109 Å². The zero-order valence-corrected chi connectivity index (χ0v) is 24.8. The molecular formula is C39H32N4. The summed E-state index contributed by atoms with van der Waals surface area (Å²) in [5.41, 5.74) is 19.8. The fourth-order valence-corrected chi connectivity index (χ4v) is 7.11. The number of nitrogen functional groups attached to an aromatic ring is 1. The number of hydrogen-bond acceptors (Lipinski definition) is 4. The first-order valence-electron chi connectivity index (χ1n) is 14.8. The topological polar surface area (TPSA) is 64.7 Å². The van der Waals surface area contributed by atoms with Crippen molar-refractivity contribution in [2.45, 2.75) is 38.5 Å². The first-order chi connectivity index (χ1) is 20.7. The van der Waals surface area contributed by atoms with Crippen molar-refractivity contribution in [1.82, 2.24) is 15.0 Å². The first kappa shape index (κ1) is 25.6.